The summed E-state index contributed by atoms with van der Waals surface area (Å²) in [6.07, 6.45) is 8.42. The van der Waals surface area contributed by atoms with Gasteiger partial charge in [0.1, 0.15) is 0 Å². The van der Waals surface area contributed by atoms with Crippen molar-refractivity contribution in [2.45, 2.75) is 70.1 Å². The number of hydrogen-bond acceptors (Lipinski definition) is 4. The second-order valence-corrected chi connectivity index (χ2v) is 6.99. The fraction of sp³-hybridized carbons (Fsp3) is 0.765. The molecule has 1 fully saturated rings. The summed E-state index contributed by atoms with van der Waals surface area (Å²) in [4.78, 5) is 1.36. The van der Waals surface area contributed by atoms with E-state index >= 15 is 0 Å². The van der Waals surface area contributed by atoms with Crippen molar-refractivity contribution < 1.29 is 9.84 Å². The summed E-state index contributed by atoms with van der Waals surface area (Å²) in [7, 11) is 0. The third-order valence-electron chi connectivity index (χ3n) is 4.14. The van der Waals surface area contributed by atoms with Gasteiger partial charge in [0.2, 0.25) is 0 Å². The minimum Gasteiger partial charge on any atom is -0.389 e. The Hall–Kier alpha value is -0.420. The lowest BCUT2D eigenvalue weighted by molar-refractivity contribution is -0.0236. The van der Waals surface area contributed by atoms with Gasteiger partial charge < -0.3 is 15.2 Å². The van der Waals surface area contributed by atoms with E-state index in [9.17, 15) is 5.11 Å². The molecule has 21 heavy (non-hydrogen) atoms. The van der Waals surface area contributed by atoms with Crippen molar-refractivity contribution in [2.75, 3.05) is 13.2 Å². The summed E-state index contributed by atoms with van der Waals surface area (Å²) in [6, 6.07) is 4.62. The Bertz CT molecular complexity index is 363. The van der Waals surface area contributed by atoms with Crippen LogP contribution < -0.4 is 5.32 Å². The summed E-state index contributed by atoms with van der Waals surface area (Å²) >= 11 is 1.78. The quantitative estimate of drug-likeness (QED) is 0.727. The molecule has 0 radical (unpaired) electrons. The fourth-order valence-electron chi connectivity index (χ4n) is 2.94. The van der Waals surface area contributed by atoms with Crippen molar-refractivity contribution in [3.05, 3.63) is 22.4 Å². The second kappa shape index (κ2) is 9.57. The third kappa shape index (κ3) is 6.07. The van der Waals surface area contributed by atoms with Gasteiger partial charge >= 0.3 is 0 Å². The lowest BCUT2D eigenvalue weighted by Crippen LogP contribution is -2.34. The molecule has 2 rings (SSSR count). The molecule has 1 aromatic heterocycles. The van der Waals surface area contributed by atoms with Crippen LogP contribution in [0.1, 0.15) is 62.8 Å². The maximum Gasteiger partial charge on any atom is 0.0898 e. The van der Waals surface area contributed by atoms with Gasteiger partial charge in [-0.3, -0.25) is 0 Å². The zero-order valence-corrected chi connectivity index (χ0v) is 13.9. The maximum atomic E-state index is 10.1. The Kier molecular flexibility index (Phi) is 7.72. The number of nitrogens with one attached hydrogen (secondary N) is 1. The van der Waals surface area contributed by atoms with E-state index in [0.717, 1.165) is 25.7 Å². The Morgan fingerprint density at radius 2 is 2.19 bits per heavy atom. The normalized spacial score (nSPS) is 19.5. The highest BCUT2D eigenvalue weighted by molar-refractivity contribution is 7.10. The van der Waals surface area contributed by atoms with Crippen molar-refractivity contribution in [2.24, 2.45) is 0 Å². The molecular weight excluding hydrogens is 282 g/mol. The van der Waals surface area contributed by atoms with Gasteiger partial charge in [-0.25, -0.2) is 0 Å². The topological polar surface area (TPSA) is 41.5 Å². The van der Waals surface area contributed by atoms with Gasteiger partial charge in [-0.1, -0.05) is 38.7 Å². The summed E-state index contributed by atoms with van der Waals surface area (Å²) in [5, 5.41) is 15.7. The zero-order valence-electron chi connectivity index (χ0n) is 13.1. The van der Waals surface area contributed by atoms with Crippen molar-refractivity contribution in [1.82, 2.24) is 5.32 Å². The lowest BCUT2D eigenvalue weighted by atomic mass is 9.98. The average molecular weight is 311 g/mol. The first-order chi connectivity index (χ1) is 10.3. The predicted octanol–water partition coefficient (Wildman–Crippen LogP) is 3.89. The van der Waals surface area contributed by atoms with Gasteiger partial charge in [0.25, 0.3) is 0 Å². The molecule has 0 aromatic carbocycles. The summed E-state index contributed by atoms with van der Waals surface area (Å²) in [5.41, 5.74) is 0. The largest absolute Gasteiger partial charge is 0.389 e. The van der Waals surface area contributed by atoms with Crippen LogP contribution in [0.2, 0.25) is 0 Å². The van der Waals surface area contributed by atoms with Crippen molar-refractivity contribution >= 4 is 11.3 Å². The number of hydrogen-bond donors (Lipinski definition) is 2. The number of rotatable bonds is 9. The molecule has 0 bridgehead atoms. The standard InChI is InChI=1S/C17H29NO2S/c1-2-7-16(17-10-6-11-21-17)18-12-14(19)13-20-15-8-4-3-5-9-15/h6,10-11,14-16,18-19H,2-5,7-9,12-13H2,1H3. The van der Waals surface area contributed by atoms with E-state index in [-0.39, 0.29) is 0 Å². The van der Waals surface area contributed by atoms with Crippen LogP contribution >= 0.6 is 11.3 Å². The lowest BCUT2D eigenvalue weighted by Gasteiger charge is -2.24. The smallest absolute Gasteiger partial charge is 0.0898 e. The molecule has 2 unspecified atom stereocenters. The summed E-state index contributed by atoms with van der Waals surface area (Å²) in [5.74, 6) is 0. The van der Waals surface area contributed by atoms with E-state index < -0.39 is 6.10 Å². The molecule has 1 heterocycles. The highest BCUT2D eigenvalue weighted by atomic mass is 32.1. The fourth-order valence-corrected chi connectivity index (χ4v) is 3.78. The maximum absolute atomic E-state index is 10.1. The van der Waals surface area contributed by atoms with Gasteiger partial charge in [0.15, 0.2) is 0 Å². The van der Waals surface area contributed by atoms with Gasteiger partial charge in [-0.15, -0.1) is 11.3 Å². The predicted molar refractivity (Wildman–Crippen MR) is 88.8 cm³/mol. The number of aliphatic hydroxyl groups is 1. The van der Waals surface area contributed by atoms with E-state index in [1.54, 1.807) is 11.3 Å². The van der Waals surface area contributed by atoms with Gasteiger partial charge in [-0.05, 0) is 30.7 Å². The Labute approximate surface area is 132 Å². The Balaban J connectivity index is 1.67. The van der Waals surface area contributed by atoms with Crippen LogP contribution in [0.3, 0.4) is 0 Å². The van der Waals surface area contributed by atoms with E-state index in [1.165, 1.54) is 24.1 Å². The van der Waals surface area contributed by atoms with Crippen molar-refractivity contribution in [3.63, 3.8) is 0 Å². The highest BCUT2D eigenvalue weighted by Gasteiger charge is 2.17. The molecule has 1 aromatic rings. The van der Waals surface area contributed by atoms with Crippen LogP contribution in [0.15, 0.2) is 17.5 Å². The Morgan fingerprint density at radius 1 is 1.38 bits per heavy atom. The minimum atomic E-state index is -0.411. The van der Waals surface area contributed by atoms with Crippen molar-refractivity contribution in [1.29, 1.82) is 0 Å². The molecule has 0 saturated heterocycles. The molecule has 2 N–H and O–H groups in total. The first-order valence-electron chi connectivity index (χ1n) is 8.36. The molecule has 1 aliphatic carbocycles. The summed E-state index contributed by atoms with van der Waals surface area (Å²) in [6.45, 7) is 3.27. The number of aliphatic hydroxyl groups excluding tert-OH is 1. The Morgan fingerprint density at radius 3 is 2.86 bits per heavy atom. The van der Waals surface area contributed by atoms with Crippen LogP contribution in [0.5, 0.6) is 0 Å². The zero-order chi connectivity index (χ0) is 14.9. The first-order valence-corrected chi connectivity index (χ1v) is 9.24. The molecule has 1 saturated carbocycles. The van der Waals surface area contributed by atoms with Gasteiger partial charge in [0, 0.05) is 17.5 Å². The van der Waals surface area contributed by atoms with Crippen molar-refractivity contribution in [3.8, 4) is 0 Å². The summed E-state index contributed by atoms with van der Waals surface area (Å²) < 4.78 is 5.84. The van der Waals surface area contributed by atoms with Crippen LogP contribution in [0, 0.1) is 0 Å². The molecular formula is C17H29NO2S. The van der Waals surface area contributed by atoms with Crippen LogP contribution in [-0.2, 0) is 4.74 Å². The molecule has 3 nitrogen and oxygen atoms in total. The van der Waals surface area contributed by atoms with Crippen LogP contribution in [0.25, 0.3) is 0 Å². The molecule has 1 aliphatic rings. The van der Waals surface area contributed by atoms with E-state index in [2.05, 4.69) is 29.8 Å². The second-order valence-electron chi connectivity index (χ2n) is 6.01. The first kappa shape index (κ1) is 16.9. The van der Waals surface area contributed by atoms with Crippen LogP contribution in [-0.4, -0.2) is 30.5 Å². The van der Waals surface area contributed by atoms with Gasteiger partial charge in [-0.2, -0.15) is 0 Å². The molecule has 4 heteroatoms. The molecule has 120 valence electrons. The minimum absolute atomic E-state index is 0.360. The number of ether oxygens (including phenoxy) is 1. The molecule has 2 atom stereocenters. The van der Waals surface area contributed by atoms with Gasteiger partial charge in [0.05, 0.1) is 18.8 Å². The highest BCUT2D eigenvalue weighted by Crippen LogP contribution is 2.23. The van der Waals surface area contributed by atoms with E-state index in [1.807, 2.05) is 0 Å². The van der Waals surface area contributed by atoms with E-state index in [0.29, 0.717) is 25.3 Å². The monoisotopic (exact) mass is 311 g/mol. The molecule has 0 amide bonds. The number of thiophene rings is 1. The molecule has 0 aliphatic heterocycles. The third-order valence-corrected chi connectivity index (χ3v) is 5.13. The SMILES string of the molecule is CCCC(NCC(O)COC1CCCCC1)c1cccs1. The van der Waals surface area contributed by atoms with Crippen LogP contribution in [0.4, 0.5) is 0 Å². The average Bonchev–Trinajstić information content (AvgIpc) is 3.04. The molecule has 0 spiro atoms. The van der Waals surface area contributed by atoms with E-state index in [4.69, 9.17) is 4.74 Å².